The van der Waals surface area contributed by atoms with Gasteiger partial charge >= 0.3 is 5.97 Å². The van der Waals surface area contributed by atoms with Crippen LogP contribution in [0.2, 0.25) is 0 Å². The molecule has 3 N–H and O–H groups in total. The SMILES string of the molecule is Cc1[nH]c(CNCC2(C)CCCS2)cc1C(=O)O. The van der Waals surface area contributed by atoms with Crippen LogP contribution in [0.5, 0.6) is 0 Å². The molecular weight excluding hydrogens is 248 g/mol. The van der Waals surface area contributed by atoms with Gasteiger partial charge in [-0.3, -0.25) is 0 Å². The fourth-order valence-corrected chi connectivity index (χ4v) is 3.66. The summed E-state index contributed by atoms with van der Waals surface area (Å²) in [6.45, 7) is 5.75. The van der Waals surface area contributed by atoms with E-state index in [9.17, 15) is 4.79 Å². The molecule has 0 aliphatic carbocycles. The van der Waals surface area contributed by atoms with Crippen molar-refractivity contribution in [2.45, 2.75) is 38.0 Å². The Kier molecular flexibility index (Phi) is 4.02. The highest BCUT2D eigenvalue weighted by molar-refractivity contribution is 8.00. The maximum absolute atomic E-state index is 10.9. The largest absolute Gasteiger partial charge is 0.478 e. The molecule has 1 aliphatic heterocycles. The zero-order valence-corrected chi connectivity index (χ0v) is 11.7. The zero-order chi connectivity index (χ0) is 13.2. The molecule has 1 fully saturated rings. The lowest BCUT2D eigenvalue weighted by Gasteiger charge is -2.22. The lowest BCUT2D eigenvalue weighted by atomic mass is 10.1. The van der Waals surface area contributed by atoms with Crippen molar-refractivity contribution in [3.05, 3.63) is 23.0 Å². The van der Waals surface area contributed by atoms with Crippen molar-refractivity contribution in [2.75, 3.05) is 12.3 Å². The number of aromatic amines is 1. The van der Waals surface area contributed by atoms with Gasteiger partial charge in [-0.25, -0.2) is 4.79 Å². The summed E-state index contributed by atoms with van der Waals surface area (Å²) in [6.07, 6.45) is 2.56. The van der Waals surface area contributed by atoms with Crippen molar-refractivity contribution in [3.63, 3.8) is 0 Å². The average molecular weight is 268 g/mol. The Morgan fingerprint density at radius 1 is 1.67 bits per heavy atom. The summed E-state index contributed by atoms with van der Waals surface area (Å²) in [6, 6.07) is 1.72. The predicted octanol–water partition coefficient (Wildman–Crippen LogP) is 2.40. The van der Waals surface area contributed by atoms with Crippen LogP contribution in [0.3, 0.4) is 0 Å². The quantitative estimate of drug-likeness (QED) is 0.767. The van der Waals surface area contributed by atoms with Gasteiger partial charge in [-0.1, -0.05) is 0 Å². The first-order valence-corrected chi connectivity index (χ1v) is 7.25. The lowest BCUT2D eigenvalue weighted by molar-refractivity contribution is 0.0696. The molecule has 1 aromatic rings. The summed E-state index contributed by atoms with van der Waals surface area (Å²) in [4.78, 5) is 14.0. The van der Waals surface area contributed by atoms with E-state index >= 15 is 0 Å². The van der Waals surface area contributed by atoms with Crippen molar-refractivity contribution >= 4 is 17.7 Å². The van der Waals surface area contributed by atoms with E-state index in [2.05, 4.69) is 17.2 Å². The number of carboxylic acids is 1. The van der Waals surface area contributed by atoms with Crippen LogP contribution in [-0.4, -0.2) is 33.1 Å². The molecule has 0 aromatic carbocycles. The smallest absolute Gasteiger partial charge is 0.337 e. The minimum atomic E-state index is -0.867. The number of thioether (sulfide) groups is 1. The van der Waals surface area contributed by atoms with Crippen molar-refractivity contribution in [2.24, 2.45) is 0 Å². The maximum Gasteiger partial charge on any atom is 0.337 e. The average Bonchev–Trinajstić information content (AvgIpc) is 2.86. The molecule has 1 saturated heterocycles. The van der Waals surface area contributed by atoms with E-state index in [1.165, 1.54) is 18.6 Å². The first-order valence-electron chi connectivity index (χ1n) is 6.27. The number of hydrogen-bond acceptors (Lipinski definition) is 3. The third-order valence-electron chi connectivity index (χ3n) is 3.42. The fourth-order valence-electron chi connectivity index (χ4n) is 2.38. The van der Waals surface area contributed by atoms with Crippen molar-refractivity contribution < 1.29 is 9.90 Å². The number of carboxylic acid groups (broad SMARTS) is 1. The van der Waals surface area contributed by atoms with E-state index < -0.39 is 5.97 Å². The Balaban J connectivity index is 1.87. The number of H-pyrrole nitrogens is 1. The topological polar surface area (TPSA) is 65.1 Å². The standard InChI is InChI=1S/C13H20N2O2S/c1-9-11(12(16)17)6-10(15-9)7-14-8-13(2)4-3-5-18-13/h6,14-15H,3-5,7-8H2,1-2H3,(H,16,17). The second kappa shape index (κ2) is 5.36. The summed E-state index contributed by atoms with van der Waals surface area (Å²) in [7, 11) is 0. The van der Waals surface area contributed by atoms with Gasteiger partial charge in [-0.2, -0.15) is 11.8 Å². The molecule has 1 aromatic heterocycles. The van der Waals surface area contributed by atoms with Gasteiger partial charge in [0.2, 0.25) is 0 Å². The molecule has 0 amide bonds. The van der Waals surface area contributed by atoms with Gasteiger partial charge in [0.1, 0.15) is 0 Å². The summed E-state index contributed by atoms with van der Waals surface area (Å²) < 4.78 is 0.345. The molecule has 2 heterocycles. The van der Waals surface area contributed by atoms with Crippen molar-refractivity contribution in [1.82, 2.24) is 10.3 Å². The van der Waals surface area contributed by atoms with Crippen LogP contribution in [0.15, 0.2) is 6.07 Å². The Morgan fingerprint density at radius 2 is 2.44 bits per heavy atom. The molecule has 2 rings (SSSR count). The summed E-state index contributed by atoms with van der Waals surface area (Å²) >= 11 is 2.03. The molecule has 0 bridgehead atoms. The number of aromatic nitrogens is 1. The van der Waals surface area contributed by atoms with Gasteiger partial charge in [0.25, 0.3) is 0 Å². The molecule has 0 radical (unpaired) electrons. The Morgan fingerprint density at radius 3 is 3.00 bits per heavy atom. The van der Waals surface area contributed by atoms with Crippen LogP contribution in [-0.2, 0) is 6.54 Å². The highest BCUT2D eigenvalue weighted by atomic mass is 32.2. The molecule has 1 atom stereocenters. The molecular formula is C13H20N2O2S. The molecule has 18 heavy (non-hydrogen) atoms. The summed E-state index contributed by atoms with van der Waals surface area (Å²) in [5.74, 6) is 0.386. The predicted molar refractivity (Wildman–Crippen MR) is 74.3 cm³/mol. The summed E-state index contributed by atoms with van der Waals surface area (Å²) in [5.41, 5.74) is 2.03. The second-order valence-electron chi connectivity index (χ2n) is 5.14. The van der Waals surface area contributed by atoms with Crippen LogP contribution in [0.1, 0.15) is 41.5 Å². The number of aryl methyl sites for hydroxylation is 1. The molecule has 5 heteroatoms. The highest BCUT2D eigenvalue weighted by Crippen LogP contribution is 2.36. The second-order valence-corrected chi connectivity index (χ2v) is 6.83. The van der Waals surface area contributed by atoms with Gasteiger partial charge in [-0.15, -0.1) is 0 Å². The fraction of sp³-hybridized carbons (Fsp3) is 0.615. The molecule has 0 spiro atoms. The van der Waals surface area contributed by atoms with Crippen LogP contribution in [0, 0.1) is 6.92 Å². The van der Waals surface area contributed by atoms with E-state index in [-0.39, 0.29) is 0 Å². The third kappa shape index (κ3) is 3.09. The van der Waals surface area contributed by atoms with Gasteiger partial charge < -0.3 is 15.4 Å². The maximum atomic E-state index is 10.9. The van der Waals surface area contributed by atoms with Crippen molar-refractivity contribution in [1.29, 1.82) is 0 Å². The number of rotatable bonds is 5. The van der Waals surface area contributed by atoms with Gasteiger partial charge in [-0.05, 0) is 38.5 Å². The monoisotopic (exact) mass is 268 g/mol. The van der Waals surface area contributed by atoms with Crippen LogP contribution in [0.25, 0.3) is 0 Å². The van der Waals surface area contributed by atoms with E-state index in [1.54, 1.807) is 13.0 Å². The first-order chi connectivity index (χ1) is 8.50. The van der Waals surface area contributed by atoms with Crippen LogP contribution >= 0.6 is 11.8 Å². The van der Waals surface area contributed by atoms with Gasteiger partial charge in [0, 0.05) is 29.2 Å². The van der Waals surface area contributed by atoms with E-state index in [1.807, 2.05) is 11.8 Å². The van der Waals surface area contributed by atoms with Crippen LogP contribution in [0.4, 0.5) is 0 Å². The van der Waals surface area contributed by atoms with Crippen molar-refractivity contribution in [3.8, 4) is 0 Å². The lowest BCUT2D eigenvalue weighted by Crippen LogP contribution is -2.32. The number of hydrogen-bond donors (Lipinski definition) is 3. The van der Waals surface area contributed by atoms with E-state index in [0.29, 0.717) is 16.9 Å². The number of aromatic carboxylic acids is 1. The normalized spacial score (nSPS) is 23.4. The van der Waals surface area contributed by atoms with Gasteiger partial charge in [0.05, 0.1) is 5.56 Å². The van der Waals surface area contributed by atoms with E-state index in [0.717, 1.165) is 17.9 Å². The minimum Gasteiger partial charge on any atom is -0.478 e. The Bertz CT molecular complexity index is 436. The molecule has 1 aliphatic rings. The van der Waals surface area contributed by atoms with Crippen LogP contribution < -0.4 is 5.32 Å². The minimum absolute atomic E-state index is 0.345. The summed E-state index contributed by atoms with van der Waals surface area (Å²) in [5, 5.41) is 12.4. The molecule has 1 unspecified atom stereocenters. The molecule has 100 valence electrons. The third-order valence-corrected chi connectivity index (χ3v) is 4.95. The molecule has 0 saturated carbocycles. The number of carbonyl (C=O) groups is 1. The first kappa shape index (κ1) is 13.5. The Labute approximate surface area is 112 Å². The highest BCUT2D eigenvalue weighted by Gasteiger charge is 2.28. The van der Waals surface area contributed by atoms with E-state index in [4.69, 9.17) is 5.11 Å². The number of nitrogens with one attached hydrogen (secondary N) is 2. The Hall–Kier alpha value is -0.940. The van der Waals surface area contributed by atoms with Gasteiger partial charge in [0.15, 0.2) is 0 Å². The molecule has 4 nitrogen and oxygen atoms in total. The zero-order valence-electron chi connectivity index (χ0n) is 10.9.